The molecular weight excluding hydrogens is 268 g/mol. The minimum atomic E-state index is 0.259. The number of fused-ring (bicyclic) bond motifs is 1. The van der Waals surface area contributed by atoms with E-state index in [1.54, 1.807) is 14.2 Å². The van der Waals surface area contributed by atoms with Crippen LogP contribution >= 0.6 is 0 Å². The number of nitrogens with zero attached hydrogens (tertiary/aromatic N) is 3. The van der Waals surface area contributed by atoms with E-state index in [-0.39, 0.29) is 6.04 Å². The minimum Gasteiger partial charge on any atom is -0.493 e. The number of benzene rings is 1. The van der Waals surface area contributed by atoms with Crippen molar-refractivity contribution in [2.75, 3.05) is 20.8 Å². The van der Waals surface area contributed by atoms with E-state index in [9.17, 15) is 0 Å². The molecule has 21 heavy (non-hydrogen) atoms. The van der Waals surface area contributed by atoms with Gasteiger partial charge in [-0.3, -0.25) is 0 Å². The van der Waals surface area contributed by atoms with Gasteiger partial charge in [-0.05, 0) is 31.0 Å². The molecule has 0 fully saturated rings. The molecule has 0 bridgehead atoms. The van der Waals surface area contributed by atoms with Crippen LogP contribution in [0.3, 0.4) is 0 Å². The molecule has 2 N–H and O–H groups in total. The predicted octanol–water partition coefficient (Wildman–Crippen LogP) is 1.80. The Bertz CT molecular complexity index is 639. The number of rotatable bonds is 4. The lowest BCUT2D eigenvalue weighted by Gasteiger charge is -2.21. The van der Waals surface area contributed by atoms with Gasteiger partial charge in [0.2, 0.25) is 0 Å². The lowest BCUT2D eigenvalue weighted by Crippen LogP contribution is -2.25. The second-order valence-electron chi connectivity index (χ2n) is 5.15. The van der Waals surface area contributed by atoms with Crippen molar-refractivity contribution in [2.24, 2.45) is 5.73 Å². The summed E-state index contributed by atoms with van der Waals surface area (Å²) < 4.78 is 12.6. The van der Waals surface area contributed by atoms with E-state index >= 15 is 0 Å². The molecule has 1 aliphatic heterocycles. The molecule has 0 saturated heterocycles. The lowest BCUT2D eigenvalue weighted by molar-refractivity contribution is 0.355. The molecule has 0 saturated carbocycles. The summed E-state index contributed by atoms with van der Waals surface area (Å²) in [6, 6.07) is 5.97. The van der Waals surface area contributed by atoms with Crippen LogP contribution in [0.15, 0.2) is 18.2 Å². The first-order valence-corrected chi connectivity index (χ1v) is 7.14. The molecule has 2 heterocycles. The van der Waals surface area contributed by atoms with Crippen molar-refractivity contribution in [2.45, 2.75) is 25.3 Å². The summed E-state index contributed by atoms with van der Waals surface area (Å²) in [5, 5.41) is 4.63. The molecule has 112 valence electrons. The van der Waals surface area contributed by atoms with Crippen molar-refractivity contribution in [3.8, 4) is 22.9 Å². The van der Waals surface area contributed by atoms with Gasteiger partial charge >= 0.3 is 0 Å². The highest BCUT2D eigenvalue weighted by molar-refractivity contribution is 5.61. The Morgan fingerprint density at radius 3 is 2.81 bits per heavy atom. The number of hydrogen-bond acceptors (Lipinski definition) is 5. The lowest BCUT2D eigenvalue weighted by atomic mass is 10.1. The number of ether oxygens (including phenoxy) is 2. The third-order valence-electron chi connectivity index (χ3n) is 3.90. The molecule has 6 heteroatoms. The summed E-state index contributed by atoms with van der Waals surface area (Å²) >= 11 is 0. The molecule has 2 aromatic rings. The quantitative estimate of drug-likeness (QED) is 0.928. The van der Waals surface area contributed by atoms with Crippen LogP contribution in [-0.2, 0) is 6.42 Å². The first-order valence-electron chi connectivity index (χ1n) is 7.14. The van der Waals surface area contributed by atoms with Crippen molar-refractivity contribution in [1.29, 1.82) is 0 Å². The summed E-state index contributed by atoms with van der Waals surface area (Å²) in [5.41, 5.74) is 6.75. The van der Waals surface area contributed by atoms with Gasteiger partial charge in [-0.1, -0.05) is 0 Å². The fraction of sp³-hybridized carbons (Fsp3) is 0.467. The first kappa shape index (κ1) is 13.9. The second-order valence-corrected chi connectivity index (χ2v) is 5.15. The van der Waals surface area contributed by atoms with Crippen LogP contribution in [0.25, 0.3) is 11.4 Å². The zero-order chi connectivity index (χ0) is 14.8. The van der Waals surface area contributed by atoms with Gasteiger partial charge in [-0.25, -0.2) is 9.67 Å². The maximum Gasteiger partial charge on any atom is 0.181 e. The average Bonchev–Trinajstić information content (AvgIpc) is 2.98. The Balaban J connectivity index is 1.99. The normalized spacial score (nSPS) is 17.4. The fourth-order valence-corrected chi connectivity index (χ4v) is 2.75. The van der Waals surface area contributed by atoms with Crippen molar-refractivity contribution >= 4 is 0 Å². The minimum absolute atomic E-state index is 0.259. The number of aromatic nitrogens is 3. The van der Waals surface area contributed by atoms with Crippen LogP contribution in [0.4, 0.5) is 0 Å². The van der Waals surface area contributed by atoms with E-state index in [0.29, 0.717) is 23.9 Å². The third-order valence-corrected chi connectivity index (χ3v) is 3.90. The molecule has 1 aliphatic rings. The SMILES string of the molecule is COc1ccc(-c2nc3n(n2)C(CN)CCC3)cc1OC. The Labute approximate surface area is 123 Å². The summed E-state index contributed by atoms with van der Waals surface area (Å²) in [4.78, 5) is 4.65. The summed E-state index contributed by atoms with van der Waals surface area (Å²) in [5.74, 6) is 3.11. The summed E-state index contributed by atoms with van der Waals surface area (Å²) in [7, 11) is 3.24. The molecular formula is C15H20N4O2. The van der Waals surface area contributed by atoms with Crippen molar-refractivity contribution < 1.29 is 9.47 Å². The van der Waals surface area contributed by atoms with E-state index in [1.807, 2.05) is 22.9 Å². The highest BCUT2D eigenvalue weighted by Gasteiger charge is 2.22. The van der Waals surface area contributed by atoms with E-state index in [0.717, 1.165) is 30.7 Å². The van der Waals surface area contributed by atoms with Crippen molar-refractivity contribution in [3.05, 3.63) is 24.0 Å². The van der Waals surface area contributed by atoms with Crippen LogP contribution in [0.2, 0.25) is 0 Å². The highest BCUT2D eigenvalue weighted by atomic mass is 16.5. The highest BCUT2D eigenvalue weighted by Crippen LogP contribution is 2.32. The monoisotopic (exact) mass is 288 g/mol. The van der Waals surface area contributed by atoms with Crippen LogP contribution in [0, 0.1) is 0 Å². The average molecular weight is 288 g/mol. The van der Waals surface area contributed by atoms with E-state index in [4.69, 9.17) is 15.2 Å². The van der Waals surface area contributed by atoms with Gasteiger partial charge in [-0.2, -0.15) is 5.10 Å². The Morgan fingerprint density at radius 2 is 2.10 bits per heavy atom. The first-order chi connectivity index (χ1) is 10.3. The maximum absolute atomic E-state index is 5.82. The molecule has 0 amide bonds. The number of hydrogen-bond donors (Lipinski definition) is 1. The Kier molecular flexibility index (Phi) is 3.79. The fourth-order valence-electron chi connectivity index (χ4n) is 2.75. The predicted molar refractivity (Wildman–Crippen MR) is 79.6 cm³/mol. The van der Waals surface area contributed by atoms with Gasteiger partial charge < -0.3 is 15.2 Å². The molecule has 0 radical (unpaired) electrons. The largest absolute Gasteiger partial charge is 0.493 e. The van der Waals surface area contributed by atoms with Crippen molar-refractivity contribution in [3.63, 3.8) is 0 Å². The molecule has 6 nitrogen and oxygen atoms in total. The molecule has 0 spiro atoms. The zero-order valence-electron chi connectivity index (χ0n) is 12.4. The topological polar surface area (TPSA) is 75.2 Å². The Hall–Kier alpha value is -2.08. The molecule has 1 aromatic heterocycles. The molecule has 1 unspecified atom stereocenters. The van der Waals surface area contributed by atoms with E-state index in [1.165, 1.54) is 0 Å². The second kappa shape index (κ2) is 5.73. The third kappa shape index (κ3) is 2.47. The van der Waals surface area contributed by atoms with Crippen LogP contribution in [0.1, 0.15) is 24.7 Å². The number of methoxy groups -OCH3 is 2. The van der Waals surface area contributed by atoms with E-state index in [2.05, 4.69) is 10.1 Å². The number of nitrogens with two attached hydrogens (primary N) is 1. The van der Waals surface area contributed by atoms with E-state index < -0.39 is 0 Å². The van der Waals surface area contributed by atoms with Gasteiger partial charge in [0.05, 0.1) is 20.3 Å². The molecule has 0 aliphatic carbocycles. The number of aryl methyl sites for hydroxylation is 1. The molecule has 3 rings (SSSR count). The summed E-state index contributed by atoms with van der Waals surface area (Å²) in [6.07, 6.45) is 3.14. The molecule has 1 atom stereocenters. The van der Waals surface area contributed by atoms with Crippen LogP contribution < -0.4 is 15.2 Å². The van der Waals surface area contributed by atoms with Gasteiger partial charge in [0.15, 0.2) is 17.3 Å². The Morgan fingerprint density at radius 1 is 1.29 bits per heavy atom. The zero-order valence-corrected chi connectivity index (χ0v) is 12.4. The maximum atomic E-state index is 5.82. The standard InChI is InChI=1S/C15H20N4O2/c1-20-12-7-6-10(8-13(12)21-2)15-17-14-5-3-4-11(9-16)19(14)18-15/h6-8,11H,3-5,9,16H2,1-2H3. The molecule has 1 aromatic carbocycles. The van der Waals surface area contributed by atoms with Gasteiger partial charge in [0.1, 0.15) is 5.82 Å². The van der Waals surface area contributed by atoms with Gasteiger partial charge in [0, 0.05) is 18.5 Å². The van der Waals surface area contributed by atoms with Gasteiger partial charge in [0.25, 0.3) is 0 Å². The van der Waals surface area contributed by atoms with Crippen LogP contribution in [-0.4, -0.2) is 35.5 Å². The van der Waals surface area contributed by atoms with Crippen LogP contribution in [0.5, 0.6) is 11.5 Å². The smallest absolute Gasteiger partial charge is 0.181 e. The van der Waals surface area contributed by atoms with Gasteiger partial charge in [-0.15, -0.1) is 0 Å². The summed E-state index contributed by atoms with van der Waals surface area (Å²) in [6.45, 7) is 0.599. The van der Waals surface area contributed by atoms with Crippen molar-refractivity contribution in [1.82, 2.24) is 14.8 Å².